The van der Waals surface area contributed by atoms with Crippen molar-refractivity contribution in [2.75, 3.05) is 13.1 Å². The van der Waals surface area contributed by atoms with Gasteiger partial charge in [-0.1, -0.05) is 17.7 Å². The number of hydrogen-bond donors (Lipinski definition) is 2. The van der Waals surface area contributed by atoms with Crippen molar-refractivity contribution in [2.45, 2.75) is 32.2 Å². The van der Waals surface area contributed by atoms with Crippen molar-refractivity contribution in [2.24, 2.45) is 0 Å². The molecule has 1 heterocycles. The van der Waals surface area contributed by atoms with Crippen molar-refractivity contribution in [1.29, 1.82) is 0 Å². The van der Waals surface area contributed by atoms with E-state index < -0.39 is 0 Å². The van der Waals surface area contributed by atoms with Gasteiger partial charge in [-0.3, -0.25) is 4.79 Å². The maximum Gasteiger partial charge on any atom is 0.251 e. The number of amides is 1. The van der Waals surface area contributed by atoms with Gasteiger partial charge in [-0.2, -0.15) is 0 Å². The smallest absolute Gasteiger partial charge is 0.251 e. The number of carbonyl (C=O) groups excluding carboxylic acids is 1. The third kappa shape index (κ3) is 3.56. The van der Waals surface area contributed by atoms with Gasteiger partial charge >= 0.3 is 0 Å². The van der Waals surface area contributed by atoms with Crippen LogP contribution in [0.2, 0.25) is 0 Å². The molecule has 1 fully saturated rings. The average molecular weight is 232 g/mol. The highest BCUT2D eigenvalue weighted by Crippen LogP contribution is 2.08. The number of carbonyl (C=O) groups is 1. The quantitative estimate of drug-likeness (QED) is 0.832. The van der Waals surface area contributed by atoms with Gasteiger partial charge in [-0.05, 0) is 44.9 Å². The molecule has 3 heteroatoms. The molecule has 1 saturated heterocycles. The molecule has 1 atom stereocenters. The fourth-order valence-electron chi connectivity index (χ4n) is 2.17. The molecule has 0 bridgehead atoms. The first-order chi connectivity index (χ1) is 8.25. The van der Waals surface area contributed by atoms with E-state index in [0.717, 1.165) is 25.1 Å². The zero-order valence-electron chi connectivity index (χ0n) is 10.3. The summed E-state index contributed by atoms with van der Waals surface area (Å²) in [5.74, 6) is 0.0306. The van der Waals surface area contributed by atoms with Crippen molar-refractivity contribution >= 4 is 5.91 Å². The van der Waals surface area contributed by atoms with Crippen LogP contribution in [0.5, 0.6) is 0 Å². The zero-order chi connectivity index (χ0) is 12.1. The van der Waals surface area contributed by atoms with Crippen LogP contribution in [0.15, 0.2) is 24.3 Å². The van der Waals surface area contributed by atoms with E-state index >= 15 is 0 Å². The van der Waals surface area contributed by atoms with E-state index in [4.69, 9.17) is 0 Å². The van der Waals surface area contributed by atoms with Crippen molar-refractivity contribution in [1.82, 2.24) is 10.6 Å². The van der Waals surface area contributed by atoms with Gasteiger partial charge in [-0.25, -0.2) is 0 Å². The van der Waals surface area contributed by atoms with E-state index in [2.05, 4.69) is 10.6 Å². The summed E-state index contributed by atoms with van der Waals surface area (Å²) < 4.78 is 0. The predicted molar refractivity (Wildman–Crippen MR) is 69.2 cm³/mol. The lowest BCUT2D eigenvalue weighted by atomic mass is 10.1. The topological polar surface area (TPSA) is 41.1 Å². The van der Waals surface area contributed by atoms with Gasteiger partial charge in [0.2, 0.25) is 0 Å². The highest BCUT2D eigenvalue weighted by atomic mass is 16.1. The molecule has 92 valence electrons. The van der Waals surface area contributed by atoms with E-state index in [9.17, 15) is 4.79 Å². The zero-order valence-corrected chi connectivity index (χ0v) is 10.3. The largest absolute Gasteiger partial charge is 0.352 e. The van der Waals surface area contributed by atoms with Crippen LogP contribution in [-0.2, 0) is 0 Å². The second-order valence-corrected chi connectivity index (χ2v) is 4.70. The lowest BCUT2D eigenvalue weighted by molar-refractivity contribution is 0.0952. The second kappa shape index (κ2) is 5.82. The van der Waals surface area contributed by atoms with Gasteiger partial charge in [0.1, 0.15) is 0 Å². The maximum atomic E-state index is 11.8. The first-order valence-corrected chi connectivity index (χ1v) is 6.34. The summed E-state index contributed by atoms with van der Waals surface area (Å²) in [6.07, 6.45) is 3.52. The standard InChI is InChI=1S/C14H20N2O/c1-11-4-6-12(7-5-11)14(17)16-10-8-13-3-2-9-15-13/h4-7,13,15H,2-3,8-10H2,1H3,(H,16,17)/t13-/m0/s1. The minimum absolute atomic E-state index is 0.0306. The van der Waals surface area contributed by atoms with Crippen LogP contribution >= 0.6 is 0 Å². The molecule has 3 nitrogen and oxygen atoms in total. The van der Waals surface area contributed by atoms with E-state index in [-0.39, 0.29) is 5.91 Å². The Morgan fingerprint density at radius 3 is 2.82 bits per heavy atom. The summed E-state index contributed by atoms with van der Waals surface area (Å²) in [7, 11) is 0. The first kappa shape index (κ1) is 12.1. The molecule has 0 aromatic heterocycles. The van der Waals surface area contributed by atoms with Crippen molar-refractivity contribution in [3.8, 4) is 0 Å². The predicted octanol–water partition coefficient (Wildman–Crippen LogP) is 1.87. The number of hydrogen-bond acceptors (Lipinski definition) is 2. The molecule has 0 saturated carbocycles. The van der Waals surface area contributed by atoms with Gasteiger partial charge < -0.3 is 10.6 Å². The van der Waals surface area contributed by atoms with Gasteiger partial charge in [0.25, 0.3) is 5.91 Å². The Labute approximate surface area is 103 Å². The molecule has 1 aromatic carbocycles. The first-order valence-electron chi connectivity index (χ1n) is 6.34. The fourth-order valence-corrected chi connectivity index (χ4v) is 2.17. The minimum atomic E-state index is 0.0306. The summed E-state index contributed by atoms with van der Waals surface area (Å²) in [5, 5.41) is 6.39. The Bertz CT molecular complexity index is 366. The molecule has 0 unspecified atom stereocenters. The summed E-state index contributed by atoms with van der Waals surface area (Å²) in [4.78, 5) is 11.8. The number of rotatable bonds is 4. The van der Waals surface area contributed by atoms with Crippen molar-refractivity contribution < 1.29 is 4.79 Å². The van der Waals surface area contributed by atoms with E-state index in [1.54, 1.807) is 0 Å². The molecule has 1 amide bonds. The van der Waals surface area contributed by atoms with Crippen molar-refractivity contribution in [3.05, 3.63) is 35.4 Å². The molecular formula is C14H20N2O. The minimum Gasteiger partial charge on any atom is -0.352 e. The molecule has 17 heavy (non-hydrogen) atoms. The third-order valence-corrected chi connectivity index (χ3v) is 3.25. The SMILES string of the molecule is Cc1ccc(C(=O)NCC[C@@H]2CCCN2)cc1. The molecule has 2 N–H and O–H groups in total. The van der Waals surface area contributed by atoms with Crippen LogP contribution in [0.4, 0.5) is 0 Å². The molecule has 1 aliphatic heterocycles. The molecule has 2 rings (SSSR count). The molecule has 0 spiro atoms. The van der Waals surface area contributed by atoms with E-state index in [1.807, 2.05) is 31.2 Å². The fraction of sp³-hybridized carbons (Fsp3) is 0.500. The number of nitrogens with one attached hydrogen (secondary N) is 2. The van der Waals surface area contributed by atoms with Crippen LogP contribution in [-0.4, -0.2) is 25.0 Å². The molecule has 0 radical (unpaired) electrons. The van der Waals surface area contributed by atoms with E-state index in [0.29, 0.717) is 6.04 Å². The molecule has 1 aromatic rings. The Hall–Kier alpha value is -1.35. The van der Waals surface area contributed by atoms with Crippen LogP contribution in [0.1, 0.15) is 35.2 Å². The monoisotopic (exact) mass is 232 g/mol. The summed E-state index contributed by atoms with van der Waals surface area (Å²) >= 11 is 0. The van der Waals surface area contributed by atoms with Crippen molar-refractivity contribution in [3.63, 3.8) is 0 Å². The summed E-state index contributed by atoms with van der Waals surface area (Å²) in [6, 6.07) is 8.27. The maximum absolute atomic E-state index is 11.8. The average Bonchev–Trinajstić information content (AvgIpc) is 2.83. The molecular weight excluding hydrogens is 212 g/mol. The normalized spacial score (nSPS) is 19.2. The van der Waals surface area contributed by atoms with Gasteiger partial charge in [0, 0.05) is 18.2 Å². The van der Waals surface area contributed by atoms with Crippen LogP contribution in [0.25, 0.3) is 0 Å². The Balaban J connectivity index is 1.75. The lowest BCUT2D eigenvalue weighted by Crippen LogP contribution is -2.30. The highest BCUT2D eigenvalue weighted by Gasteiger charge is 2.13. The van der Waals surface area contributed by atoms with Gasteiger partial charge in [0.05, 0.1) is 0 Å². The summed E-state index contributed by atoms with van der Waals surface area (Å²) in [5.41, 5.74) is 1.92. The molecule has 1 aliphatic rings. The molecule has 0 aliphatic carbocycles. The Morgan fingerprint density at radius 2 is 2.18 bits per heavy atom. The van der Waals surface area contributed by atoms with Gasteiger partial charge in [0.15, 0.2) is 0 Å². The second-order valence-electron chi connectivity index (χ2n) is 4.70. The number of aryl methyl sites for hydroxylation is 1. The Kier molecular flexibility index (Phi) is 4.15. The van der Waals surface area contributed by atoms with Crippen LogP contribution in [0.3, 0.4) is 0 Å². The highest BCUT2D eigenvalue weighted by molar-refractivity contribution is 5.94. The Morgan fingerprint density at radius 1 is 1.41 bits per heavy atom. The summed E-state index contributed by atoms with van der Waals surface area (Å²) in [6.45, 7) is 3.90. The van der Waals surface area contributed by atoms with Gasteiger partial charge in [-0.15, -0.1) is 0 Å². The lowest BCUT2D eigenvalue weighted by Gasteiger charge is -2.10. The van der Waals surface area contributed by atoms with Crippen LogP contribution in [0, 0.1) is 6.92 Å². The number of benzene rings is 1. The van der Waals surface area contributed by atoms with E-state index in [1.165, 1.54) is 18.4 Å². The van der Waals surface area contributed by atoms with Crippen LogP contribution < -0.4 is 10.6 Å². The third-order valence-electron chi connectivity index (χ3n) is 3.25.